The van der Waals surface area contributed by atoms with E-state index < -0.39 is 5.60 Å². The molecule has 1 aromatic rings. The molecule has 0 amide bonds. The molecule has 1 saturated heterocycles. The van der Waals surface area contributed by atoms with E-state index in [0.717, 1.165) is 45.7 Å². The smallest absolute Gasteiger partial charge is 0.0743 e. The minimum Gasteiger partial charge on any atom is -0.389 e. The first kappa shape index (κ1) is 18.2. The summed E-state index contributed by atoms with van der Waals surface area (Å²) in [4.78, 5) is 2.36. The lowest BCUT2D eigenvalue weighted by molar-refractivity contribution is 0.0451. The minimum atomic E-state index is -0.627. The Labute approximate surface area is 140 Å². The van der Waals surface area contributed by atoms with E-state index in [-0.39, 0.29) is 0 Å². The Morgan fingerprint density at radius 3 is 2.48 bits per heavy atom. The van der Waals surface area contributed by atoms with Gasteiger partial charge in [-0.2, -0.15) is 0 Å². The van der Waals surface area contributed by atoms with Crippen molar-refractivity contribution >= 4 is 5.69 Å². The van der Waals surface area contributed by atoms with Crippen LogP contribution in [0.15, 0.2) is 24.3 Å². The van der Waals surface area contributed by atoms with Gasteiger partial charge >= 0.3 is 0 Å². The number of morpholine rings is 1. The van der Waals surface area contributed by atoms with Crippen molar-refractivity contribution < 1.29 is 9.84 Å². The van der Waals surface area contributed by atoms with E-state index in [1.165, 1.54) is 11.3 Å². The van der Waals surface area contributed by atoms with Gasteiger partial charge in [-0.3, -0.25) is 0 Å². The van der Waals surface area contributed by atoms with Crippen molar-refractivity contribution in [2.45, 2.75) is 45.8 Å². The molecule has 1 heterocycles. The molecule has 0 radical (unpaired) electrons. The third kappa shape index (κ3) is 6.50. The zero-order chi connectivity index (χ0) is 16.7. The van der Waals surface area contributed by atoms with Gasteiger partial charge in [0.25, 0.3) is 0 Å². The molecule has 0 saturated carbocycles. The summed E-state index contributed by atoms with van der Waals surface area (Å²) in [6.45, 7) is 11.3. The zero-order valence-electron chi connectivity index (χ0n) is 14.8. The fraction of sp³-hybridized carbons (Fsp3) is 0.684. The van der Waals surface area contributed by atoms with Crippen LogP contribution in [0.1, 0.15) is 39.2 Å². The summed E-state index contributed by atoms with van der Waals surface area (Å²) in [6, 6.07) is 8.69. The van der Waals surface area contributed by atoms with Gasteiger partial charge in [0, 0.05) is 31.9 Å². The summed E-state index contributed by atoms with van der Waals surface area (Å²) < 4.78 is 5.39. The van der Waals surface area contributed by atoms with Crippen molar-refractivity contribution in [1.29, 1.82) is 0 Å². The average molecular weight is 320 g/mol. The maximum absolute atomic E-state index is 10.4. The van der Waals surface area contributed by atoms with Crippen LogP contribution in [-0.4, -0.2) is 43.6 Å². The second-order valence-corrected chi connectivity index (χ2v) is 7.30. The molecule has 130 valence electrons. The van der Waals surface area contributed by atoms with E-state index in [4.69, 9.17) is 4.74 Å². The standard InChI is InChI=1S/C19H32N2O2/c1-16(2)8-9-19(3,22)15-20-14-17-4-6-18(7-5-17)21-10-12-23-13-11-21/h4-7,16,20,22H,8-15H2,1-3H3. The SMILES string of the molecule is CC(C)CCC(C)(O)CNCc1ccc(N2CCOCC2)cc1. The number of hydrogen-bond donors (Lipinski definition) is 2. The quantitative estimate of drug-likeness (QED) is 0.773. The molecular weight excluding hydrogens is 288 g/mol. The van der Waals surface area contributed by atoms with E-state index in [9.17, 15) is 5.11 Å². The molecule has 1 atom stereocenters. The van der Waals surface area contributed by atoms with Gasteiger partial charge in [-0.25, -0.2) is 0 Å². The molecule has 2 N–H and O–H groups in total. The summed E-state index contributed by atoms with van der Waals surface area (Å²) in [5.74, 6) is 0.634. The summed E-state index contributed by atoms with van der Waals surface area (Å²) in [5, 5.41) is 13.8. The van der Waals surface area contributed by atoms with Crippen LogP contribution in [0.5, 0.6) is 0 Å². The van der Waals surface area contributed by atoms with E-state index in [1.807, 2.05) is 6.92 Å². The van der Waals surface area contributed by atoms with Crippen molar-refractivity contribution in [3.05, 3.63) is 29.8 Å². The molecule has 1 fully saturated rings. The molecule has 1 aliphatic heterocycles. The molecular formula is C19H32N2O2. The van der Waals surface area contributed by atoms with Gasteiger partial charge in [0.05, 0.1) is 18.8 Å². The van der Waals surface area contributed by atoms with Crippen LogP contribution < -0.4 is 10.2 Å². The Balaban J connectivity index is 1.75. The Bertz CT molecular complexity index is 451. The van der Waals surface area contributed by atoms with Gasteiger partial charge in [-0.05, 0) is 43.4 Å². The highest BCUT2D eigenvalue weighted by Crippen LogP contribution is 2.18. The number of rotatable bonds is 8. The summed E-state index contributed by atoms with van der Waals surface area (Å²) in [5.41, 5.74) is 1.89. The molecule has 1 unspecified atom stereocenters. The van der Waals surface area contributed by atoms with Crippen molar-refractivity contribution in [2.24, 2.45) is 5.92 Å². The fourth-order valence-corrected chi connectivity index (χ4v) is 2.81. The van der Waals surface area contributed by atoms with Crippen LogP contribution in [0.25, 0.3) is 0 Å². The molecule has 1 aliphatic rings. The topological polar surface area (TPSA) is 44.7 Å². The molecule has 1 aromatic carbocycles. The Morgan fingerprint density at radius 1 is 1.22 bits per heavy atom. The van der Waals surface area contributed by atoms with Crippen LogP contribution in [0.3, 0.4) is 0 Å². The Hall–Kier alpha value is -1.10. The predicted octanol–water partition coefficient (Wildman–Crippen LogP) is 2.80. The molecule has 4 heteroatoms. The van der Waals surface area contributed by atoms with Crippen LogP contribution in [0.2, 0.25) is 0 Å². The fourth-order valence-electron chi connectivity index (χ4n) is 2.81. The van der Waals surface area contributed by atoms with Crippen molar-refractivity contribution in [1.82, 2.24) is 5.32 Å². The molecule has 4 nitrogen and oxygen atoms in total. The van der Waals surface area contributed by atoms with Gasteiger partial charge in [-0.15, -0.1) is 0 Å². The third-order valence-corrected chi connectivity index (χ3v) is 4.41. The Kier molecular flexibility index (Phi) is 6.88. The molecule has 23 heavy (non-hydrogen) atoms. The summed E-state index contributed by atoms with van der Waals surface area (Å²) >= 11 is 0. The number of nitrogens with one attached hydrogen (secondary N) is 1. The van der Waals surface area contributed by atoms with Gasteiger partial charge < -0.3 is 20.1 Å². The highest BCUT2D eigenvalue weighted by Gasteiger charge is 2.19. The first-order valence-electron chi connectivity index (χ1n) is 8.81. The number of aliphatic hydroxyl groups is 1. The molecule has 0 aliphatic carbocycles. The monoisotopic (exact) mass is 320 g/mol. The van der Waals surface area contributed by atoms with Crippen molar-refractivity contribution in [2.75, 3.05) is 37.7 Å². The number of benzene rings is 1. The molecule has 0 bridgehead atoms. The number of nitrogens with zero attached hydrogens (tertiary/aromatic N) is 1. The van der Waals surface area contributed by atoms with Crippen LogP contribution in [0, 0.1) is 5.92 Å². The van der Waals surface area contributed by atoms with Gasteiger partial charge in [0.2, 0.25) is 0 Å². The predicted molar refractivity (Wildman–Crippen MR) is 95.9 cm³/mol. The van der Waals surface area contributed by atoms with E-state index >= 15 is 0 Å². The lowest BCUT2D eigenvalue weighted by Gasteiger charge is -2.29. The first-order chi connectivity index (χ1) is 11.0. The highest BCUT2D eigenvalue weighted by molar-refractivity contribution is 5.47. The first-order valence-corrected chi connectivity index (χ1v) is 8.81. The highest BCUT2D eigenvalue weighted by atomic mass is 16.5. The lowest BCUT2D eigenvalue weighted by atomic mass is 9.95. The number of anilines is 1. The van der Waals surface area contributed by atoms with Gasteiger partial charge in [0.15, 0.2) is 0 Å². The van der Waals surface area contributed by atoms with Gasteiger partial charge in [0.1, 0.15) is 0 Å². The third-order valence-electron chi connectivity index (χ3n) is 4.41. The van der Waals surface area contributed by atoms with E-state index in [1.54, 1.807) is 0 Å². The van der Waals surface area contributed by atoms with E-state index in [0.29, 0.717) is 12.5 Å². The largest absolute Gasteiger partial charge is 0.389 e. The average Bonchev–Trinajstić information content (AvgIpc) is 2.54. The number of hydrogen-bond acceptors (Lipinski definition) is 4. The van der Waals surface area contributed by atoms with Gasteiger partial charge in [-0.1, -0.05) is 26.0 Å². The Morgan fingerprint density at radius 2 is 1.87 bits per heavy atom. The van der Waals surface area contributed by atoms with Crippen LogP contribution in [0.4, 0.5) is 5.69 Å². The zero-order valence-corrected chi connectivity index (χ0v) is 14.8. The number of ether oxygens (including phenoxy) is 1. The second kappa shape index (κ2) is 8.67. The minimum absolute atomic E-state index is 0.627. The van der Waals surface area contributed by atoms with Crippen molar-refractivity contribution in [3.63, 3.8) is 0 Å². The maximum Gasteiger partial charge on any atom is 0.0743 e. The second-order valence-electron chi connectivity index (χ2n) is 7.30. The summed E-state index contributed by atoms with van der Waals surface area (Å²) in [7, 11) is 0. The lowest BCUT2D eigenvalue weighted by Crippen LogP contribution is -2.37. The molecule has 0 spiro atoms. The van der Waals surface area contributed by atoms with Crippen LogP contribution >= 0.6 is 0 Å². The maximum atomic E-state index is 10.4. The van der Waals surface area contributed by atoms with Crippen molar-refractivity contribution in [3.8, 4) is 0 Å². The van der Waals surface area contributed by atoms with Crippen LogP contribution in [-0.2, 0) is 11.3 Å². The normalized spacial score (nSPS) is 18.2. The molecule has 0 aromatic heterocycles. The molecule has 2 rings (SSSR count). The summed E-state index contributed by atoms with van der Waals surface area (Å²) in [6.07, 6.45) is 1.90. The van der Waals surface area contributed by atoms with E-state index in [2.05, 4.69) is 48.3 Å².